The Morgan fingerprint density at radius 1 is 1.04 bits per heavy atom. The van der Waals surface area contributed by atoms with Crippen LogP contribution in [0.5, 0.6) is 0 Å². The molecule has 0 aliphatic heterocycles. The van der Waals surface area contributed by atoms with Crippen LogP contribution in [0.4, 0.5) is 5.69 Å². The second-order valence-electron chi connectivity index (χ2n) is 5.32. The first-order valence-electron chi connectivity index (χ1n) is 7.65. The number of para-hydroxylation sites is 2. The average Bonchev–Trinajstić information content (AvgIpc) is 2.97. The fourth-order valence-electron chi connectivity index (χ4n) is 2.27. The van der Waals surface area contributed by atoms with Crippen molar-refractivity contribution in [2.45, 2.75) is 24.3 Å². The number of anilines is 1. The lowest BCUT2D eigenvalue weighted by Crippen LogP contribution is -2.22. The van der Waals surface area contributed by atoms with E-state index in [4.69, 9.17) is 0 Å². The van der Waals surface area contributed by atoms with Crippen LogP contribution >= 0.6 is 11.8 Å². The molecule has 1 atom stereocenters. The smallest absolute Gasteiger partial charge is 0.237 e. The zero-order chi connectivity index (χ0) is 16.9. The molecule has 0 saturated carbocycles. The number of nitrogens with zero attached hydrogens (tertiary/aromatic N) is 3. The van der Waals surface area contributed by atoms with Crippen LogP contribution in [0, 0.1) is 6.92 Å². The number of amides is 1. The Balaban J connectivity index is 1.75. The Bertz CT molecular complexity index is 818. The topological polar surface area (TPSA) is 59.8 Å². The molecule has 0 unspecified atom stereocenters. The third-order valence-electron chi connectivity index (χ3n) is 3.50. The number of hydrogen-bond acceptors (Lipinski definition) is 4. The zero-order valence-corrected chi connectivity index (χ0v) is 14.3. The second-order valence-corrected chi connectivity index (χ2v) is 6.62. The number of aromatic nitrogens is 3. The second kappa shape index (κ2) is 7.31. The monoisotopic (exact) mass is 338 g/mol. The molecule has 0 aliphatic rings. The van der Waals surface area contributed by atoms with Crippen molar-refractivity contribution in [1.29, 1.82) is 0 Å². The van der Waals surface area contributed by atoms with Crippen molar-refractivity contribution >= 4 is 23.4 Å². The molecule has 1 N–H and O–H groups in total. The molecule has 0 saturated heterocycles. The first-order chi connectivity index (χ1) is 11.6. The van der Waals surface area contributed by atoms with Gasteiger partial charge in [0.2, 0.25) is 5.91 Å². The number of aryl methyl sites for hydroxylation is 1. The molecule has 0 fully saturated rings. The molecule has 3 aromatic rings. The normalized spacial score (nSPS) is 11.9. The van der Waals surface area contributed by atoms with Crippen LogP contribution < -0.4 is 5.32 Å². The standard InChI is InChI=1S/C18H18N4OS/c1-13(17(23)19-15-9-5-3-6-10-15)24-18-21-20-14(2)22(18)16-11-7-4-8-12-16/h3-13H,1-2H3,(H,19,23)/t13-/m1/s1. The van der Waals surface area contributed by atoms with E-state index < -0.39 is 0 Å². The lowest BCUT2D eigenvalue weighted by Gasteiger charge is -2.13. The summed E-state index contributed by atoms with van der Waals surface area (Å²) in [6.07, 6.45) is 0. The van der Waals surface area contributed by atoms with E-state index in [1.807, 2.05) is 79.1 Å². The molecule has 2 aromatic carbocycles. The molecule has 3 rings (SSSR count). The van der Waals surface area contributed by atoms with Crippen LogP contribution in [0.25, 0.3) is 5.69 Å². The first-order valence-corrected chi connectivity index (χ1v) is 8.53. The molecule has 0 bridgehead atoms. The van der Waals surface area contributed by atoms with Crippen LogP contribution in [0.1, 0.15) is 12.7 Å². The van der Waals surface area contributed by atoms with Gasteiger partial charge in [-0.05, 0) is 38.1 Å². The van der Waals surface area contributed by atoms with Crippen LogP contribution in [0.15, 0.2) is 65.8 Å². The summed E-state index contributed by atoms with van der Waals surface area (Å²) < 4.78 is 1.96. The third kappa shape index (κ3) is 3.65. The van der Waals surface area contributed by atoms with Crippen LogP contribution in [-0.2, 0) is 4.79 Å². The van der Waals surface area contributed by atoms with Crippen LogP contribution in [-0.4, -0.2) is 25.9 Å². The fraction of sp³-hybridized carbons (Fsp3) is 0.167. The number of thioether (sulfide) groups is 1. The van der Waals surface area contributed by atoms with Gasteiger partial charge < -0.3 is 5.32 Å². The van der Waals surface area contributed by atoms with Crippen molar-refractivity contribution in [3.05, 3.63) is 66.5 Å². The molecule has 1 amide bonds. The number of carbonyl (C=O) groups excluding carboxylic acids is 1. The predicted octanol–water partition coefficient (Wildman–Crippen LogP) is 3.70. The van der Waals surface area contributed by atoms with Crippen molar-refractivity contribution < 1.29 is 4.79 Å². The van der Waals surface area contributed by atoms with E-state index in [0.717, 1.165) is 17.2 Å². The molecule has 122 valence electrons. The molecule has 5 nitrogen and oxygen atoms in total. The summed E-state index contributed by atoms with van der Waals surface area (Å²) in [5, 5.41) is 11.7. The summed E-state index contributed by atoms with van der Waals surface area (Å²) in [5.41, 5.74) is 1.77. The minimum absolute atomic E-state index is 0.0635. The molecule has 0 spiro atoms. The average molecular weight is 338 g/mol. The Hall–Kier alpha value is -2.60. The van der Waals surface area contributed by atoms with Crippen LogP contribution in [0.2, 0.25) is 0 Å². The summed E-state index contributed by atoms with van der Waals surface area (Å²) in [7, 11) is 0. The lowest BCUT2D eigenvalue weighted by molar-refractivity contribution is -0.115. The van der Waals surface area contributed by atoms with Gasteiger partial charge in [0.1, 0.15) is 5.82 Å². The minimum atomic E-state index is -0.295. The Morgan fingerprint density at radius 3 is 2.33 bits per heavy atom. The van der Waals surface area contributed by atoms with Gasteiger partial charge in [0.25, 0.3) is 0 Å². The van der Waals surface area contributed by atoms with E-state index in [2.05, 4.69) is 15.5 Å². The van der Waals surface area contributed by atoms with Gasteiger partial charge in [-0.15, -0.1) is 10.2 Å². The third-order valence-corrected chi connectivity index (χ3v) is 4.54. The molecule has 0 radical (unpaired) electrons. The Labute approximate surface area is 145 Å². The highest BCUT2D eigenvalue weighted by molar-refractivity contribution is 8.00. The highest BCUT2D eigenvalue weighted by atomic mass is 32.2. The highest BCUT2D eigenvalue weighted by Crippen LogP contribution is 2.26. The number of benzene rings is 2. The summed E-state index contributed by atoms with van der Waals surface area (Å²) in [6, 6.07) is 19.3. The predicted molar refractivity (Wildman–Crippen MR) is 96.5 cm³/mol. The SMILES string of the molecule is Cc1nnc(S[C@H](C)C(=O)Nc2ccccc2)n1-c1ccccc1. The van der Waals surface area contributed by atoms with Gasteiger partial charge in [0, 0.05) is 11.4 Å². The van der Waals surface area contributed by atoms with Gasteiger partial charge in [0.05, 0.1) is 5.25 Å². The molecule has 24 heavy (non-hydrogen) atoms. The van der Waals surface area contributed by atoms with E-state index in [-0.39, 0.29) is 11.2 Å². The van der Waals surface area contributed by atoms with Crippen LogP contribution in [0.3, 0.4) is 0 Å². The lowest BCUT2D eigenvalue weighted by atomic mass is 10.3. The summed E-state index contributed by atoms with van der Waals surface area (Å²) in [4.78, 5) is 12.4. The Morgan fingerprint density at radius 2 is 1.67 bits per heavy atom. The van der Waals surface area contributed by atoms with Crippen molar-refractivity contribution in [3.8, 4) is 5.69 Å². The maximum absolute atomic E-state index is 12.4. The molecule has 1 aromatic heterocycles. The molecular formula is C18H18N4OS. The summed E-state index contributed by atoms with van der Waals surface area (Å²) >= 11 is 1.39. The summed E-state index contributed by atoms with van der Waals surface area (Å²) in [5.74, 6) is 0.728. The van der Waals surface area contributed by atoms with Gasteiger partial charge in [-0.2, -0.15) is 0 Å². The van der Waals surface area contributed by atoms with Crippen molar-refractivity contribution in [2.75, 3.05) is 5.32 Å². The van der Waals surface area contributed by atoms with Gasteiger partial charge in [-0.1, -0.05) is 48.2 Å². The quantitative estimate of drug-likeness (QED) is 0.721. The van der Waals surface area contributed by atoms with Crippen molar-refractivity contribution in [2.24, 2.45) is 0 Å². The highest BCUT2D eigenvalue weighted by Gasteiger charge is 2.19. The number of nitrogens with one attached hydrogen (secondary N) is 1. The van der Waals surface area contributed by atoms with Gasteiger partial charge in [-0.3, -0.25) is 9.36 Å². The van der Waals surface area contributed by atoms with Gasteiger partial charge >= 0.3 is 0 Å². The molecule has 6 heteroatoms. The molecule has 0 aliphatic carbocycles. The molecular weight excluding hydrogens is 320 g/mol. The van der Waals surface area contributed by atoms with Crippen molar-refractivity contribution in [3.63, 3.8) is 0 Å². The van der Waals surface area contributed by atoms with Gasteiger partial charge in [-0.25, -0.2) is 0 Å². The van der Waals surface area contributed by atoms with Crippen molar-refractivity contribution in [1.82, 2.24) is 14.8 Å². The van der Waals surface area contributed by atoms with E-state index in [1.54, 1.807) is 0 Å². The maximum Gasteiger partial charge on any atom is 0.237 e. The Kier molecular flexibility index (Phi) is 4.96. The zero-order valence-electron chi connectivity index (χ0n) is 13.5. The van der Waals surface area contributed by atoms with E-state index >= 15 is 0 Å². The minimum Gasteiger partial charge on any atom is -0.325 e. The van der Waals surface area contributed by atoms with Gasteiger partial charge in [0.15, 0.2) is 5.16 Å². The first kappa shape index (κ1) is 16.3. The fourth-order valence-corrected chi connectivity index (χ4v) is 3.18. The number of rotatable bonds is 5. The summed E-state index contributed by atoms with van der Waals surface area (Å²) in [6.45, 7) is 3.76. The number of carbonyl (C=O) groups is 1. The van der Waals surface area contributed by atoms with E-state index in [1.165, 1.54) is 11.8 Å². The molecule has 1 heterocycles. The maximum atomic E-state index is 12.4. The van der Waals surface area contributed by atoms with E-state index in [9.17, 15) is 4.79 Å². The largest absolute Gasteiger partial charge is 0.325 e. The number of hydrogen-bond donors (Lipinski definition) is 1. The van der Waals surface area contributed by atoms with E-state index in [0.29, 0.717) is 5.16 Å².